The largest absolute Gasteiger partial charge is 0.394 e. The first kappa shape index (κ1) is 11.2. The van der Waals surface area contributed by atoms with Gasteiger partial charge in [-0.2, -0.15) is 0 Å². The molecule has 0 radical (unpaired) electrons. The number of nitrogens with zero attached hydrogens (tertiary/aromatic N) is 1. The predicted octanol–water partition coefficient (Wildman–Crippen LogP) is -0.703. The Bertz CT molecular complexity index is 350. The van der Waals surface area contributed by atoms with Gasteiger partial charge in [-0.3, -0.25) is 4.79 Å². The van der Waals surface area contributed by atoms with Crippen molar-refractivity contribution in [3.63, 3.8) is 0 Å². The first-order valence-corrected chi connectivity index (χ1v) is 4.69. The number of rotatable bonds is 4. The smallest absolute Gasteiger partial charge is 0.267 e. The second-order valence-corrected chi connectivity index (χ2v) is 3.39. The van der Waals surface area contributed by atoms with E-state index in [0.717, 1.165) is 0 Å². The summed E-state index contributed by atoms with van der Waals surface area (Å²) in [5.41, 5.74) is -0.322. The van der Waals surface area contributed by atoms with Crippen LogP contribution in [0.4, 0.5) is 5.82 Å². The molecule has 0 unspecified atom stereocenters. The molecule has 1 aromatic heterocycles. The normalized spacial score (nSPS) is 10.6. The van der Waals surface area contributed by atoms with E-state index in [1.54, 1.807) is 0 Å². The molecule has 4 N–H and O–H groups in total. The van der Waals surface area contributed by atoms with Gasteiger partial charge in [0, 0.05) is 0 Å². The van der Waals surface area contributed by atoms with Crippen molar-refractivity contribution >= 4 is 21.7 Å². The van der Waals surface area contributed by atoms with Gasteiger partial charge in [0.05, 0.1) is 25.6 Å². The standard InChI is InChI=1S/C7H10BrN3O3/c8-5-6(9-3-10-7(5)14)11-4(1-12)2-13/h3-4,12-13H,1-2H2,(H2,9,10,11,14). The number of H-pyrrole nitrogens is 1. The molecular weight excluding hydrogens is 254 g/mol. The molecule has 0 saturated heterocycles. The Morgan fingerprint density at radius 3 is 2.79 bits per heavy atom. The summed E-state index contributed by atoms with van der Waals surface area (Å²) in [6.45, 7) is -0.477. The third kappa shape index (κ3) is 2.53. The highest BCUT2D eigenvalue weighted by molar-refractivity contribution is 9.10. The van der Waals surface area contributed by atoms with E-state index in [2.05, 4.69) is 31.2 Å². The van der Waals surface area contributed by atoms with E-state index in [0.29, 0.717) is 5.82 Å². The van der Waals surface area contributed by atoms with E-state index in [1.807, 2.05) is 0 Å². The molecule has 1 aromatic rings. The lowest BCUT2D eigenvalue weighted by atomic mass is 10.3. The van der Waals surface area contributed by atoms with Crippen LogP contribution in [-0.4, -0.2) is 39.4 Å². The van der Waals surface area contributed by atoms with E-state index in [4.69, 9.17) is 10.2 Å². The first-order chi connectivity index (χ1) is 6.69. The van der Waals surface area contributed by atoms with Gasteiger partial charge < -0.3 is 20.5 Å². The monoisotopic (exact) mass is 263 g/mol. The number of aromatic amines is 1. The molecule has 0 spiro atoms. The maximum atomic E-state index is 11.1. The van der Waals surface area contributed by atoms with Crippen molar-refractivity contribution in [1.29, 1.82) is 0 Å². The molecular formula is C7H10BrN3O3. The number of aliphatic hydroxyl groups is 2. The highest BCUT2D eigenvalue weighted by Crippen LogP contribution is 2.13. The van der Waals surface area contributed by atoms with Crippen LogP contribution in [0.2, 0.25) is 0 Å². The van der Waals surface area contributed by atoms with E-state index in [-0.39, 0.29) is 23.2 Å². The molecule has 0 aliphatic rings. The lowest BCUT2D eigenvalue weighted by Gasteiger charge is -2.14. The quantitative estimate of drug-likeness (QED) is 0.576. The number of aliphatic hydroxyl groups excluding tert-OH is 2. The highest BCUT2D eigenvalue weighted by atomic mass is 79.9. The fourth-order valence-electron chi connectivity index (χ4n) is 0.826. The van der Waals surface area contributed by atoms with Crippen LogP contribution in [0, 0.1) is 0 Å². The van der Waals surface area contributed by atoms with Crippen LogP contribution in [0.1, 0.15) is 0 Å². The van der Waals surface area contributed by atoms with Crippen molar-refractivity contribution in [3.05, 3.63) is 21.2 Å². The van der Waals surface area contributed by atoms with E-state index in [1.165, 1.54) is 6.33 Å². The van der Waals surface area contributed by atoms with Crippen molar-refractivity contribution in [2.24, 2.45) is 0 Å². The van der Waals surface area contributed by atoms with Crippen molar-refractivity contribution in [2.45, 2.75) is 6.04 Å². The number of halogens is 1. The number of anilines is 1. The molecule has 0 amide bonds. The van der Waals surface area contributed by atoms with Gasteiger partial charge in [0.15, 0.2) is 0 Å². The van der Waals surface area contributed by atoms with Gasteiger partial charge in [-0.25, -0.2) is 4.98 Å². The summed E-state index contributed by atoms with van der Waals surface area (Å²) in [4.78, 5) is 17.3. The molecule has 6 nitrogen and oxygen atoms in total. The fraction of sp³-hybridized carbons (Fsp3) is 0.429. The molecule has 0 atom stereocenters. The second-order valence-electron chi connectivity index (χ2n) is 2.60. The van der Waals surface area contributed by atoms with Crippen LogP contribution in [-0.2, 0) is 0 Å². The molecule has 1 heterocycles. The van der Waals surface area contributed by atoms with Crippen LogP contribution < -0.4 is 10.9 Å². The summed E-state index contributed by atoms with van der Waals surface area (Å²) < 4.78 is 0.243. The Labute approximate surface area is 88.1 Å². The Balaban J connectivity index is 2.86. The van der Waals surface area contributed by atoms with E-state index >= 15 is 0 Å². The molecule has 78 valence electrons. The third-order valence-electron chi connectivity index (χ3n) is 1.58. The Morgan fingerprint density at radius 1 is 1.57 bits per heavy atom. The van der Waals surface area contributed by atoms with E-state index < -0.39 is 6.04 Å². The summed E-state index contributed by atoms with van der Waals surface area (Å²) in [6, 6.07) is -0.527. The van der Waals surface area contributed by atoms with Gasteiger partial charge in [-0.05, 0) is 15.9 Å². The Hall–Kier alpha value is -0.920. The second kappa shape index (κ2) is 5.08. The lowest BCUT2D eigenvalue weighted by Crippen LogP contribution is -2.29. The van der Waals surface area contributed by atoms with Crippen molar-refractivity contribution in [1.82, 2.24) is 9.97 Å². The highest BCUT2D eigenvalue weighted by Gasteiger charge is 2.10. The van der Waals surface area contributed by atoms with E-state index in [9.17, 15) is 4.79 Å². The van der Waals surface area contributed by atoms with Crippen LogP contribution in [0.25, 0.3) is 0 Å². The van der Waals surface area contributed by atoms with Crippen LogP contribution in [0.5, 0.6) is 0 Å². The SMILES string of the molecule is O=c1[nH]cnc(NC(CO)CO)c1Br. The van der Waals surface area contributed by atoms with Gasteiger partial charge >= 0.3 is 0 Å². The van der Waals surface area contributed by atoms with Crippen LogP contribution >= 0.6 is 15.9 Å². The molecule has 0 saturated carbocycles. The maximum Gasteiger partial charge on any atom is 0.267 e. The molecule has 0 aromatic carbocycles. The minimum absolute atomic E-state index is 0.239. The summed E-state index contributed by atoms with van der Waals surface area (Å²) in [7, 11) is 0. The van der Waals surface area contributed by atoms with Crippen molar-refractivity contribution in [2.75, 3.05) is 18.5 Å². The summed E-state index contributed by atoms with van der Waals surface area (Å²) in [6.07, 6.45) is 1.24. The summed E-state index contributed by atoms with van der Waals surface area (Å²) >= 11 is 3.04. The van der Waals surface area contributed by atoms with Gasteiger partial charge in [0.1, 0.15) is 10.3 Å². The van der Waals surface area contributed by atoms with Gasteiger partial charge in [0.25, 0.3) is 5.56 Å². The Kier molecular flexibility index (Phi) is 4.05. The van der Waals surface area contributed by atoms with Gasteiger partial charge in [-0.1, -0.05) is 0 Å². The molecule has 7 heteroatoms. The summed E-state index contributed by atoms with van der Waals surface area (Å²) in [5, 5.41) is 20.3. The minimum Gasteiger partial charge on any atom is -0.394 e. The number of hydrogen-bond acceptors (Lipinski definition) is 5. The van der Waals surface area contributed by atoms with Crippen molar-refractivity contribution in [3.8, 4) is 0 Å². The average molecular weight is 264 g/mol. The van der Waals surface area contributed by atoms with Gasteiger partial charge in [0.2, 0.25) is 0 Å². The molecule has 0 aliphatic heterocycles. The van der Waals surface area contributed by atoms with Crippen molar-refractivity contribution < 1.29 is 10.2 Å². The number of nitrogens with one attached hydrogen (secondary N) is 2. The predicted molar refractivity (Wildman–Crippen MR) is 54.1 cm³/mol. The van der Waals surface area contributed by atoms with Gasteiger partial charge in [-0.15, -0.1) is 0 Å². The zero-order valence-corrected chi connectivity index (χ0v) is 8.78. The first-order valence-electron chi connectivity index (χ1n) is 3.90. The zero-order valence-electron chi connectivity index (χ0n) is 7.20. The molecule has 0 aliphatic carbocycles. The Morgan fingerprint density at radius 2 is 2.21 bits per heavy atom. The topological polar surface area (TPSA) is 98.2 Å². The molecule has 14 heavy (non-hydrogen) atoms. The minimum atomic E-state index is -0.527. The zero-order chi connectivity index (χ0) is 10.6. The fourth-order valence-corrected chi connectivity index (χ4v) is 1.16. The molecule has 1 rings (SSSR count). The maximum absolute atomic E-state index is 11.1. The third-order valence-corrected chi connectivity index (χ3v) is 2.31. The molecule has 0 bridgehead atoms. The van der Waals surface area contributed by atoms with Crippen LogP contribution in [0.3, 0.4) is 0 Å². The number of aromatic nitrogens is 2. The lowest BCUT2D eigenvalue weighted by molar-refractivity contribution is 0.203. The molecule has 0 fully saturated rings. The number of hydrogen-bond donors (Lipinski definition) is 4. The summed E-state index contributed by atoms with van der Waals surface area (Å²) in [5.74, 6) is 0.293. The van der Waals surface area contributed by atoms with Crippen LogP contribution in [0.15, 0.2) is 15.6 Å². The average Bonchev–Trinajstić information content (AvgIpc) is 2.20.